The van der Waals surface area contributed by atoms with E-state index in [4.69, 9.17) is 4.74 Å². The summed E-state index contributed by atoms with van der Waals surface area (Å²) in [6, 6.07) is 0.546. The molecule has 0 aliphatic carbocycles. The van der Waals surface area contributed by atoms with E-state index in [9.17, 15) is 0 Å². The zero-order valence-electron chi connectivity index (χ0n) is 9.94. The highest BCUT2D eigenvalue weighted by Gasteiger charge is 2.00. The monoisotopic (exact) mass is 260 g/mol. The van der Waals surface area contributed by atoms with Gasteiger partial charge >= 0.3 is 0 Å². The fraction of sp³-hybridized carbons (Fsp3) is 0.727. The number of nitrogens with one attached hydrogen (secondary N) is 1. The van der Waals surface area contributed by atoms with E-state index >= 15 is 0 Å². The predicted molar refractivity (Wildman–Crippen MR) is 71.4 cm³/mol. The third kappa shape index (κ3) is 6.48. The van der Waals surface area contributed by atoms with Gasteiger partial charge in [0.2, 0.25) is 0 Å². The minimum atomic E-state index is 0.546. The second-order valence-electron chi connectivity index (χ2n) is 3.64. The zero-order valence-corrected chi connectivity index (χ0v) is 11.6. The summed E-state index contributed by atoms with van der Waals surface area (Å²) in [4.78, 5) is 4.23. The number of methoxy groups -OCH3 is 1. The van der Waals surface area contributed by atoms with Crippen LogP contribution in [0.1, 0.15) is 19.8 Å². The SMILES string of the molecule is COCCC(C)NCCCSc1nccs1. The van der Waals surface area contributed by atoms with Crippen LogP contribution in [-0.4, -0.2) is 37.0 Å². The fourth-order valence-electron chi connectivity index (χ4n) is 1.26. The van der Waals surface area contributed by atoms with Crippen molar-refractivity contribution >= 4 is 23.1 Å². The molecule has 16 heavy (non-hydrogen) atoms. The highest BCUT2D eigenvalue weighted by Crippen LogP contribution is 2.20. The number of rotatable bonds is 9. The van der Waals surface area contributed by atoms with Crippen LogP contribution in [0.5, 0.6) is 0 Å². The van der Waals surface area contributed by atoms with Crippen molar-refractivity contribution in [2.75, 3.05) is 26.0 Å². The Morgan fingerprint density at radius 2 is 2.50 bits per heavy atom. The zero-order chi connectivity index (χ0) is 11.6. The molecule has 0 saturated carbocycles. The Morgan fingerprint density at radius 3 is 3.19 bits per heavy atom. The largest absolute Gasteiger partial charge is 0.385 e. The lowest BCUT2D eigenvalue weighted by atomic mass is 10.2. The first-order chi connectivity index (χ1) is 7.83. The molecule has 1 heterocycles. The van der Waals surface area contributed by atoms with Gasteiger partial charge in [-0.2, -0.15) is 0 Å². The van der Waals surface area contributed by atoms with E-state index in [1.165, 1.54) is 10.8 Å². The molecule has 1 aromatic heterocycles. The summed E-state index contributed by atoms with van der Waals surface area (Å²) >= 11 is 3.55. The smallest absolute Gasteiger partial charge is 0.149 e. The molecule has 1 aromatic rings. The Balaban J connectivity index is 1.91. The maximum atomic E-state index is 5.04. The minimum absolute atomic E-state index is 0.546. The van der Waals surface area contributed by atoms with Crippen LogP contribution in [0.25, 0.3) is 0 Å². The molecule has 1 rings (SSSR count). The first-order valence-electron chi connectivity index (χ1n) is 5.57. The van der Waals surface area contributed by atoms with Crippen molar-refractivity contribution in [2.45, 2.75) is 30.1 Å². The van der Waals surface area contributed by atoms with Crippen LogP contribution in [0.2, 0.25) is 0 Å². The summed E-state index contributed by atoms with van der Waals surface area (Å²) in [5, 5.41) is 5.51. The average Bonchev–Trinajstić information content (AvgIpc) is 2.79. The van der Waals surface area contributed by atoms with Gasteiger partial charge in [-0.1, -0.05) is 11.8 Å². The molecule has 1 unspecified atom stereocenters. The van der Waals surface area contributed by atoms with Gasteiger partial charge in [-0.3, -0.25) is 0 Å². The average molecular weight is 260 g/mol. The van der Waals surface area contributed by atoms with E-state index in [1.807, 2.05) is 23.3 Å². The van der Waals surface area contributed by atoms with Crippen LogP contribution in [-0.2, 0) is 4.74 Å². The van der Waals surface area contributed by atoms with Crippen LogP contribution in [0, 0.1) is 0 Å². The Hall–Kier alpha value is -0.100. The molecule has 3 nitrogen and oxygen atoms in total. The summed E-state index contributed by atoms with van der Waals surface area (Å²) in [7, 11) is 1.75. The molecule has 0 radical (unpaired) electrons. The first kappa shape index (κ1) is 14.0. The van der Waals surface area contributed by atoms with Crippen molar-refractivity contribution in [3.05, 3.63) is 11.6 Å². The molecule has 5 heteroatoms. The first-order valence-corrected chi connectivity index (χ1v) is 7.44. The summed E-state index contributed by atoms with van der Waals surface area (Å²) in [5.74, 6) is 1.14. The summed E-state index contributed by atoms with van der Waals surface area (Å²) in [6.07, 6.45) is 4.12. The number of hydrogen-bond acceptors (Lipinski definition) is 5. The molecule has 0 amide bonds. The van der Waals surface area contributed by atoms with Gasteiger partial charge in [0, 0.05) is 37.1 Å². The lowest BCUT2D eigenvalue weighted by Crippen LogP contribution is -2.28. The molecule has 0 aliphatic heterocycles. The fourth-order valence-corrected chi connectivity index (χ4v) is 2.91. The van der Waals surface area contributed by atoms with E-state index < -0.39 is 0 Å². The van der Waals surface area contributed by atoms with E-state index in [1.54, 1.807) is 18.4 Å². The lowest BCUT2D eigenvalue weighted by molar-refractivity contribution is 0.185. The van der Waals surface area contributed by atoms with Crippen LogP contribution >= 0.6 is 23.1 Å². The number of hydrogen-bond donors (Lipinski definition) is 1. The van der Waals surface area contributed by atoms with Gasteiger partial charge in [0.1, 0.15) is 4.34 Å². The third-order valence-corrected chi connectivity index (χ3v) is 4.26. The molecular weight excluding hydrogens is 240 g/mol. The van der Waals surface area contributed by atoms with E-state index in [0.29, 0.717) is 6.04 Å². The molecular formula is C11H20N2OS2. The molecule has 92 valence electrons. The number of thioether (sulfide) groups is 1. The van der Waals surface area contributed by atoms with E-state index in [0.717, 1.165) is 25.3 Å². The van der Waals surface area contributed by atoms with Gasteiger partial charge in [-0.15, -0.1) is 11.3 Å². The van der Waals surface area contributed by atoms with Crippen LogP contribution < -0.4 is 5.32 Å². The van der Waals surface area contributed by atoms with Gasteiger partial charge in [0.15, 0.2) is 0 Å². The standard InChI is InChI=1S/C11H20N2OS2/c1-10(4-7-14-2)12-5-3-8-15-11-13-6-9-16-11/h6,9-10,12H,3-5,7-8H2,1-2H3. The Bertz CT molecular complexity index is 254. The van der Waals surface area contributed by atoms with Crippen LogP contribution in [0.4, 0.5) is 0 Å². The van der Waals surface area contributed by atoms with Crippen LogP contribution in [0.15, 0.2) is 15.9 Å². The molecule has 0 aliphatic rings. The second kappa shape index (κ2) is 8.98. The van der Waals surface area contributed by atoms with Gasteiger partial charge in [0.25, 0.3) is 0 Å². The van der Waals surface area contributed by atoms with Crippen LogP contribution in [0.3, 0.4) is 0 Å². The van der Waals surface area contributed by atoms with E-state index in [2.05, 4.69) is 17.2 Å². The highest BCUT2D eigenvalue weighted by atomic mass is 32.2. The van der Waals surface area contributed by atoms with Gasteiger partial charge < -0.3 is 10.1 Å². The van der Waals surface area contributed by atoms with Gasteiger partial charge in [-0.05, 0) is 26.3 Å². The van der Waals surface area contributed by atoms with Crippen molar-refractivity contribution in [1.82, 2.24) is 10.3 Å². The van der Waals surface area contributed by atoms with Crippen molar-refractivity contribution in [2.24, 2.45) is 0 Å². The van der Waals surface area contributed by atoms with Crippen molar-refractivity contribution in [3.63, 3.8) is 0 Å². The molecule has 0 saturated heterocycles. The molecule has 1 N–H and O–H groups in total. The number of ether oxygens (including phenoxy) is 1. The third-order valence-electron chi connectivity index (χ3n) is 2.20. The topological polar surface area (TPSA) is 34.1 Å². The summed E-state index contributed by atoms with van der Waals surface area (Å²) in [6.45, 7) is 4.11. The highest BCUT2D eigenvalue weighted by molar-refractivity contribution is 8.00. The molecule has 0 spiro atoms. The maximum Gasteiger partial charge on any atom is 0.149 e. The number of nitrogens with zero attached hydrogens (tertiary/aromatic N) is 1. The van der Waals surface area contributed by atoms with Gasteiger partial charge in [0.05, 0.1) is 0 Å². The normalized spacial score (nSPS) is 12.9. The number of aromatic nitrogens is 1. The second-order valence-corrected chi connectivity index (χ2v) is 5.87. The molecule has 0 fully saturated rings. The summed E-state index contributed by atoms with van der Waals surface area (Å²) in [5.41, 5.74) is 0. The molecule has 1 atom stereocenters. The maximum absolute atomic E-state index is 5.04. The number of thiazole rings is 1. The quantitative estimate of drug-likeness (QED) is 0.547. The van der Waals surface area contributed by atoms with Crippen molar-refractivity contribution in [3.8, 4) is 0 Å². The minimum Gasteiger partial charge on any atom is -0.385 e. The lowest BCUT2D eigenvalue weighted by Gasteiger charge is -2.12. The van der Waals surface area contributed by atoms with E-state index in [-0.39, 0.29) is 0 Å². The van der Waals surface area contributed by atoms with Gasteiger partial charge in [-0.25, -0.2) is 4.98 Å². The predicted octanol–water partition coefficient (Wildman–Crippen LogP) is 2.64. The Kier molecular flexibility index (Phi) is 7.84. The Labute approximate surface area is 106 Å². The van der Waals surface area contributed by atoms with Crippen molar-refractivity contribution < 1.29 is 4.74 Å². The molecule has 0 bridgehead atoms. The van der Waals surface area contributed by atoms with Crippen molar-refractivity contribution in [1.29, 1.82) is 0 Å². The Morgan fingerprint density at radius 1 is 1.62 bits per heavy atom. The molecule has 0 aromatic carbocycles. The summed E-state index contributed by atoms with van der Waals surface area (Å²) < 4.78 is 6.21.